The Labute approximate surface area is 53.8 Å². The third kappa shape index (κ3) is 1.10. The van der Waals surface area contributed by atoms with Crippen LogP contribution >= 0.6 is 12.4 Å². The molecule has 2 N–H and O–H groups in total. The molecule has 0 saturated carbocycles. The summed E-state index contributed by atoms with van der Waals surface area (Å²) in [4.78, 5) is 0. The van der Waals surface area contributed by atoms with Gasteiger partial charge in [0.05, 0.1) is 19.3 Å². The van der Waals surface area contributed by atoms with E-state index in [9.17, 15) is 0 Å². The predicted octanol–water partition coefficient (Wildman–Crippen LogP) is -0.341. The van der Waals surface area contributed by atoms with Crippen LogP contribution < -0.4 is 5.73 Å². The van der Waals surface area contributed by atoms with E-state index in [1.54, 1.807) is 0 Å². The Morgan fingerprint density at radius 1 is 1.62 bits per heavy atom. The van der Waals surface area contributed by atoms with Gasteiger partial charge >= 0.3 is 0 Å². The zero-order valence-corrected chi connectivity index (χ0v) is 5.07. The normalized spacial score (nSPS) is 22.0. The van der Waals surface area contributed by atoms with E-state index in [-0.39, 0.29) is 12.4 Å². The Balaban J connectivity index is 0.000000490. The van der Waals surface area contributed by atoms with Crippen LogP contribution in [-0.2, 0) is 4.74 Å². The Hall–Kier alpha value is -0.300. The van der Waals surface area contributed by atoms with Gasteiger partial charge < -0.3 is 10.5 Å². The van der Waals surface area contributed by atoms with Crippen LogP contribution in [0.4, 0.5) is 0 Å². The number of hydrogen-bond acceptors (Lipinski definition) is 3. The highest BCUT2D eigenvalue weighted by atomic mass is 35.5. The third-order valence-corrected chi connectivity index (χ3v) is 0.942. The molecule has 0 amide bonds. The summed E-state index contributed by atoms with van der Waals surface area (Å²) in [6, 6.07) is 1.93. The topological polar surface area (TPSA) is 59.0 Å². The van der Waals surface area contributed by atoms with Crippen molar-refractivity contribution in [2.75, 3.05) is 13.2 Å². The van der Waals surface area contributed by atoms with Gasteiger partial charge in [-0.2, -0.15) is 5.26 Å². The molecule has 1 fully saturated rings. The summed E-state index contributed by atoms with van der Waals surface area (Å²) >= 11 is 0. The maximum absolute atomic E-state index is 8.19. The zero-order valence-electron chi connectivity index (χ0n) is 4.26. The average molecular weight is 135 g/mol. The van der Waals surface area contributed by atoms with Crippen molar-refractivity contribution in [1.29, 1.82) is 5.26 Å². The first-order chi connectivity index (χ1) is 3.27. The Morgan fingerprint density at radius 3 is 2.12 bits per heavy atom. The molecule has 0 unspecified atom stereocenters. The number of hydrogen-bond donors (Lipinski definition) is 1. The lowest BCUT2D eigenvalue weighted by molar-refractivity contribution is -0.0239. The van der Waals surface area contributed by atoms with Gasteiger partial charge in [-0.25, -0.2) is 0 Å². The number of nitrogens with two attached hydrogens (primary N) is 1. The van der Waals surface area contributed by atoms with Crippen LogP contribution in [0.3, 0.4) is 0 Å². The molecule has 0 aromatic carbocycles. The summed E-state index contributed by atoms with van der Waals surface area (Å²) in [5.41, 5.74) is 4.66. The molecule has 0 aromatic rings. The van der Waals surface area contributed by atoms with Gasteiger partial charge in [0.15, 0.2) is 5.54 Å². The fourth-order valence-corrected chi connectivity index (χ4v) is 0.387. The highest BCUT2D eigenvalue weighted by molar-refractivity contribution is 5.85. The Morgan fingerprint density at radius 2 is 2.12 bits per heavy atom. The van der Waals surface area contributed by atoms with E-state index in [2.05, 4.69) is 4.74 Å². The molecule has 8 heavy (non-hydrogen) atoms. The van der Waals surface area contributed by atoms with Gasteiger partial charge in [0.25, 0.3) is 0 Å². The number of nitrogens with zero attached hydrogens (tertiary/aromatic N) is 1. The Kier molecular flexibility index (Phi) is 2.23. The molecule has 1 heterocycles. The smallest absolute Gasteiger partial charge is 0.151 e. The molecule has 0 atom stereocenters. The summed E-state index contributed by atoms with van der Waals surface area (Å²) in [7, 11) is 0. The van der Waals surface area contributed by atoms with Gasteiger partial charge in [-0.05, 0) is 0 Å². The van der Waals surface area contributed by atoms with Crippen molar-refractivity contribution >= 4 is 12.4 Å². The quantitative estimate of drug-likeness (QED) is 0.493. The zero-order chi connectivity index (χ0) is 5.33. The highest BCUT2D eigenvalue weighted by Crippen LogP contribution is 2.10. The molecule has 4 heteroatoms. The highest BCUT2D eigenvalue weighted by Gasteiger charge is 2.33. The van der Waals surface area contributed by atoms with Gasteiger partial charge in [-0.1, -0.05) is 0 Å². The monoisotopic (exact) mass is 134 g/mol. The van der Waals surface area contributed by atoms with Crippen molar-refractivity contribution in [3.05, 3.63) is 0 Å². The maximum Gasteiger partial charge on any atom is 0.151 e. The van der Waals surface area contributed by atoms with Crippen molar-refractivity contribution in [2.24, 2.45) is 5.73 Å². The second kappa shape index (κ2) is 2.31. The number of ether oxygens (including phenoxy) is 1. The third-order valence-electron chi connectivity index (χ3n) is 0.942. The molecule has 0 aromatic heterocycles. The number of rotatable bonds is 0. The molecule has 0 spiro atoms. The number of nitriles is 1. The minimum atomic E-state index is -0.653. The first kappa shape index (κ1) is 7.70. The lowest BCUT2D eigenvalue weighted by atomic mass is 10.0. The first-order valence-electron chi connectivity index (χ1n) is 2.05. The van der Waals surface area contributed by atoms with Crippen LogP contribution in [0.2, 0.25) is 0 Å². The van der Waals surface area contributed by atoms with Crippen LogP contribution in [-0.4, -0.2) is 18.8 Å². The van der Waals surface area contributed by atoms with Crippen molar-refractivity contribution in [3.8, 4) is 6.07 Å². The van der Waals surface area contributed by atoms with E-state index >= 15 is 0 Å². The lowest BCUT2D eigenvalue weighted by Crippen LogP contribution is -2.56. The fourth-order valence-electron chi connectivity index (χ4n) is 0.387. The minimum Gasteiger partial charge on any atom is -0.375 e. The largest absolute Gasteiger partial charge is 0.375 e. The predicted molar refractivity (Wildman–Crippen MR) is 30.6 cm³/mol. The van der Waals surface area contributed by atoms with E-state index in [4.69, 9.17) is 11.0 Å². The summed E-state index contributed by atoms with van der Waals surface area (Å²) in [5, 5.41) is 8.19. The summed E-state index contributed by atoms with van der Waals surface area (Å²) in [6.45, 7) is 0.785. The van der Waals surface area contributed by atoms with Crippen LogP contribution in [0, 0.1) is 11.3 Å². The maximum atomic E-state index is 8.19. The number of halogens is 1. The van der Waals surface area contributed by atoms with Crippen LogP contribution in [0.25, 0.3) is 0 Å². The van der Waals surface area contributed by atoms with E-state index in [0.29, 0.717) is 13.2 Å². The van der Waals surface area contributed by atoms with Crippen molar-refractivity contribution in [2.45, 2.75) is 5.54 Å². The average Bonchev–Trinajstić information content (AvgIpc) is 1.61. The van der Waals surface area contributed by atoms with Gasteiger partial charge in [-0.15, -0.1) is 12.4 Å². The van der Waals surface area contributed by atoms with Gasteiger partial charge in [-0.3, -0.25) is 0 Å². The van der Waals surface area contributed by atoms with Crippen molar-refractivity contribution in [3.63, 3.8) is 0 Å². The van der Waals surface area contributed by atoms with Gasteiger partial charge in [0.1, 0.15) is 0 Å². The standard InChI is InChI=1S/C4H6N2O.ClH/c5-1-4(6)2-7-3-4;/h2-3,6H2;1H. The molecule has 1 saturated heterocycles. The summed E-state index contributed by atoms with van der Waals surface area (Å²) in [6.07, 6.45) is 0. The van der Waals surface area contributed by atoms with E-state index < -0.39 is 5.54 Å². The van der Waals surface area contributed by atoms with Crippen molar-refractivity contribution in [1.82, 2.24) is 0 Å². The molecule has 0 radical (unpaired) electrons. The van der Waals surface area contributed by atoms with Crippen LogP contribution in [0.5, 0.6) is 0 Å². The minimum absolute atomic E-state index is 0. The van der Waals surface area contributed by atoms with E-state index in [1.807, 2.05) is 6.07 Å². The fraction of sp³-hybridized carbons (Fsp3) is 0.750. The second-order valence-electron chi connectivity index (χ2n) is 1.76. The molecule has 1 rings (SSSR count). The van der Waals surface area contributed by atoms with E-state index in [1.165, 1.54) is 0 Å². The molecular formula is C4H7ClN2O. The molecule has 0 aliphatic carbocycles. The van der Waals surface area contributed by atoms with Crippen LogP contribution in [0.1, 0.15) is 0 Å². The SMILES string of the molecule is Cl.N#CC1(N)COC1. The van der Waals surface area contributed by atoms with Crippen molar-refractivity contribution < 1.29 is 4.74 Å². The molecule has 3 nitrogen and oxygen atoms in total. The van der Waals surface area contributed by atoms with E-state index in [0.717, 1.165) is 0 Å². The van der Waals surface area contributed by atoms with Gasteiger partial charge in [0, 0.05) is 0 Å². The molecule has 0 bridgehead atoms. The molecule has 1 aliphatic rings. The molecule has 1 aliphatic heterocycles. The second-order valence-corrected chi connectivity index (χ2v) is 1.76. The molecular weight excluding hydrogens is 128 g/mol. The van der Waals surface area contributed by atoms with Gasteiger partial charge in [0.2, 0.25) is 0 Å². The first-order valence-corrected chi connectivity index (χ1v) is 2.05. The Bertz CT molecular complexity index is 116. The summed E-state index contributed by atoms with van der Waals surface area (Å²) in [5.74, 6) is 0. The summed E-state index contributed by atoms with van der Waals surface area (Å²) < 4.78 is 4.68. The molecule has 46 valence electrons. The van der Waals surface area contributed by atoms with Crippen LogP contribution in [0.15, 0.2) is 0 Å². The lowest BCUT2D eigenvalue weighted by Gasteiger charge is -2.30.